The molecule has 2 fully saturated rings. The number of hydrogen-bond donors (Lipinski definition) is 1. The van der Waals surface area contributed by atoms with E-state index in [2.05, 4.69) is 5.32 Å². The zero-order valence-electron chi connectivity index (χ0n) is 10.5. The van der Waals surface area contributed by atoms with Gasteiger partial charge in [-0.05, 0) is 51.4 Å². The van der Waals surface area contributed by atoms with E-state index in [0.717, 1.165) is 45.1 Å². The Hall–Kier alpha value is -0.280. The fraction of sp³-hybridized carbons (Fsp3) is 0.923. The van der Waals surface area contributed by atoms with Gasteiger partial charge in [0.1, 0.15) is 5.60 Å². The second-order valence-electron chi connectivity index (χ2n) is 5.51. The minimum atomic E-state index is -0.580. The first-order valence-corrected chi connectivity index (χ1v) is 7.10. The predicted molar refractivity (Wildman–Crippen MR) is 68.2 cm³/mol. The number of nitrogens with one attached hydrogen (secondary N) is 1. The van der Waals surface area contributed by atoms with Crippen LogP contribution in [0.3, 0.4) is 0 Å². The summed E-state index contributed by atoms with van der Waals surface area (Å²) in [6, 6.07) is 0. The predicted octanol–water partition coefficient (Wildman–Crippen LogP) is 2.47. The molecule has 0 aromatic rings. The molecule has 2 rings (SSSR count). The van der Waals surface area contributed by atoms with Crippen LogP contribution >= 0.6 is 11.6 Å². The topological polar surface area (TPSA) is 38.3 Å². The molecule has 0 aromatic carbocycles. The Morgan fingerprint density at radius 1 is 1.41 bits per heavy atom. The molecule has 1 unspecified atom stereocenters. The summed E-state index contributed by atoms with van der Waals surface area (Å²) >= 11 is 6.06. The Kier molecular flexibility index (Phi) is 4.31. The molecule has 17 heavy (non-hydrogen) atoms. The van der Waals surface area contributed by atoms with Gasteiger partial charge in [-0.25, -0.2) is 0 Å². The van der Waals surface area contributed by atoms with Crippen LogP contribution in [0.5, 0.6) is 0 Å². The number of rotatable bonds is 3. The van der Waals surface area contributed by atoms with Gasteiger partial charge in [-0.3, -0.25) is 4.79 Å². The number of alkyl halides is 1. The van der Waals surface area contributed by atoms with E-state index >= 15 is 0 Å². The molecule has 1 atom stereocenters. The number of carbonyl (C=O) groups excluding carboxylic acids is 1. The average Bonchev–Trinajstić information content (AvgIpc) is 2.76. The van der Waals surface area contributed by atoms with E-state index in [1.54, 1.807) is 0 Å². The van der Waals surface area contributed by atoms with Gasteiger partial charge in [0.2, 0.25) is 0 Å². The summed E-state index contributed by atoms with van der Waals surface area (Å²) in [4.78, 5) is 12.0. The molecular weight excluding hydrogens is 238 g/mol. The van der Waals surface area contributed by atoms with E-state index in [1.807, 2.05) is 6.92 Å². The van der Waals surface area contributed by atoms with Crippen LogP contribution in [0.15, 0.2) is 0 Å². The SMILES string of the molecule is CC1(C(=O)NCC2CCC(Cl)CC2)CCCO1. The summed E-state index contributed by atoms with van der Waals surface area (Å²) in [6.07, 6.45) is 6.25. The molecule has 1 aliphatic heterocycles. The van der Waals surface area contributed by atoms with E-state index in [1.165, 1.54) is 0 Å². The molecule has 1 heterocycles. The van der Waals surface area contributed by atoms with Crippen LogP contribution in [0.4, 0.5) is 0 Å². The quantitative estimate of drug-likeness (QED) is 0.791. The molecule has 4 heteroatoms. The van der Waals surface area contributed by atoms with Crippen molar-refractivity contribution in [3.05, 3.63) is 0 Å². The van der Waals surface area contributed by atoms with Crippen molar-refractivity contribution in [1.29, 1.82) is 0 Å². The highest BCUT2D eigenvalue weighted by molar-refractivity contribution is 6.20. The number of ether oxygens (including phenoxy) is 1. The molecule has 3 nitrogen and oxygen atoms in total. The molecule has 1 saturated carbocycles. The maximum absolute atomic E-state index is 12.0. The van der Waals surface area contributed by atoms with Crippen LogP contribution in [-0.2, 0) is 9.53 Å². The minimum absolute atomic E-state index is 0.0583. The highest BCUT2D eigenvalue weighted by Crippen LogP contribution is 2.28. The number of carbonyl (C=O) groups is 1. The minimum Gasteiger partial charge on any atom is -0.365 e. The zero-order chi connectivity index (χ0) is 12.3. The third kappa shape index (κ3) is 3.35. The van der Waals surface area contributed by atoms with Gasteiger partial charge in [-0.15, -0.1) is 11.6 Å². The second kappa shape index (κ2) is 5.57. The Balaban J connectivity index is 1.72. The summed E-state index contributed by atoms with van der Waals surface area (Å²) < 4.78 is 5.53. The van der Waals surface area contributed by atoms with E-state index in [0.29, 0.717) is 17.9 Å². The zero-order valence-corrected chi connectivity index (χ0v) is 11.3. The molecule has 0 aromatic heterocycles. The Bertz CT molecular complexity index is 269. The Morgan fingerprint density at radius 3 is 2.71 bits per heavy atom. The fourth-order valence-electron chi connectivity index (χ4n) is 2.71. The summed E-state index contributed by atoms with van der Waals surface area (Å²) in [6.45, 7) is 3.38. The van der Waals surface area contributed by atoms with E-state index in [4.69, 9.17) is 16.3 Å². The summed E-state index contributed by atoms with van der Waals surface area (Å²) in [5, 5.41) is 3.39. The maximum atomic E-state index is 12.0. The Morgan fingerprint density at radius 2 is 2.12 bits per heavy atom. The van der Waals surface area contributed by atoms with E-state index in [-0.39, 0.29) is 5.91 Å². The van der Waals surface area contributed by atoms with Crippen LogP contribution in [0.1, 0.15) is 45.4 Å². The lowest BCUT2D eigenvalue weighted by molar-refractivity contribution is -0.139. The number of amides is 1. The van der Waals surface area contributed by atoms with E-state index in [9.17, 15) is 4.79 Å². The van der Waals surface area contributed by atoms with Crippen LogP contribution in [0, 0.1) is 5.92 Å². The van der Waals surface area contributed by atoms with Crippen molar-refractivity contribution in [3.63, 3.8) is 0 Å². The highest BCUT2D eigenvalue weighted by Gasteiger charge is 2.37. The summed E-state index contributed by atoms with van der Waals surface area (Å²) in [5.41, 5.74) is -0.580. The molecule has 1 saturated heterocycles. The van der Waals surface area contributed by atoms with Gasteiger partial charge in [0.25, 0.3) is 5.91 Å². The van der Waals surface area contributed by atoms with Gasteiger partial charge < -0.3 is 10.1 Å². The average molecular weight is 260 g/mol. The van der Waals surface area contributed by atoms with Crippen LogP contribution in [-0.4, -0.2) is 30.0 Å². The van der Waals surface area contributed by atoms with Crippen LogP contribution in [0.2, 0.25) is 0 Å². The van der Waals surface area contributed by atoms with Gasteiger partial charge in [0, 0.05) is 18.5 Å². The second-order valence-corrected chi connectivity index (χ2v) is 6.13. The van der Waals surface area contributed by atoms with Crippen molar-refractivity contribution in [2.45, 2.75) is 56.4 Å². The summed E-state index contributed by atoms with van der Waals surface area (Å²) in [5.74, 6) is 0.655. The van der Waals surface area contributed by atoms with Gasteiger partial charge in [0.05, 0.1) is 0 Å². The van der Waals surface area contributed by atoms with Crippen molar-refractivity contribution >= 4 is 17.5 Å². The lowest BCUT2D eigenvalue weighted by Gasteiger charge is -2.27. The van der Waals surface area contributed by atoms with Gasteiger partial charge in [0.15, 0.2) is 0 Å². The molecule has 1 N–H and O–H groups in total. The summed E-state index contributed by atoms with van der Waals surface area (Å²) in [7, 11) is 0. The van der Waals surface area contributed by atoms with Crippen molar-refractivity contribution in [1.82, 2.24) is 5.32 Å². The highest BCUT2D eigenvalue weighted by atomic mass is 35.5. The lowest BCUT2D eigenvalue weighted by Crippen LogP contribution is -2.45. The number of hydrogen-bond acceptors (Lipinski definition) is 2. The standard InChI is InChI=1S/C13H22ClNO2/c1-13(7-2-8-17-13)12(16)15-9-10-3-5-11(14)6-4-10/h10-11H,2-9H2,1H3,(H,15,16). The first-order valence-electron chi connectivity index (χ1n) is 6.66. The monoisotopic (exact) mass is 259 g/mol. The van der Waals surface area contributed by atoms with Crippen molar-refractivity contribution in [3.8, 4) is 0 Å². The first-order chi connectivity index (χ1) is 8.10. The molecule has 0 spiro atoms. The van der Waals surface area contributed by atoms with Gasteiger partial charge in [-0.1, -0.05) is 0 Å². The lowest BCUT2D eigenvalue weighted by atomic mass is 9.88. The smallest absolute Gasteiger partial charge is 0.251 e. The largest absolute Gasteiger partial charge is 0.365 e. The fourth-order valence-corrected chi connectivity index (χ4v) is 2.96. The van der Waals surface area contributed by atoms with Crippen LogP contribution in [0.25, 0.3) is 0 Å². The maximum Gasteiger partial charge on any atom is 0.251 e. The van der Waals surface area contributed by atoms with E-state index < -0.39 is 5.60 Å². The molecule has 98 valence electrons. The van der Waals surface area contributed by atoms with Crippen molar-refractivity contribution in [2.24, 2.45) is 5.92 Å². The first kappa shape index (κ1) is 13.2. The molecular formula is C13H22ClNO2. The third-order valence-corrected chi connectivity index (χ3v) is 4.46. The molecule has 1 amide bonds. The van der Waals surface area contributed by atoms with Crippen molar-refractivity contribution < 1.29 is 9.53 Å². The van der Waals surface area contributed by atoms with Gasteiger partial charge >= 0.3 is 0 Å². The molecule has 2 aliphatic rings. The normalized spacial score (nSPS) is 38.0. The van der Waals surface area contributed by atoms with Crippen LogP contribution < -0.4 is 5.32 Å². The number of halogens is 1. The molecule has 1 aliphatic carbocycles. The Labute approximate surface area is 108 Å². The van der Waals surface area contributed by atoms with Gasteiger partial charge in [-0.2, -0.15) is 0 Å². The van der Waals surface area contributed by atoms with Crippen molar-refractivity contribution in [2.75, 3.05) is 13.2 Å². The molecule has 0 bridgehead atoms. The molecule has 0 radical (unpaired) electrons. The third-order valence-electron chi connectivity index (χ3n) is 4.03.